The van der Waals surface area contributed by atoms with Crippen LogP contribution < -0.4 is 5.32 Å². The van der Waals surface area contributed by atoms with Crippen LogP contribution in [0.5, 0.6) is 0 Å². The quantitative estimate of drug-likeness (QED) is 0.792. The molecule has 3 nitrogen and oxygen atoms in total. The van der Waals surface area contributed by atoms with Gasteiger partial charge in [-0.15, -0.1) is 0 Å². The summed E-state index contributed by atoms with van der Waals surface area (Å²) < 4.78 is 18.4. The maximum atomic E-state index is 13.4. The Bertz CT molecular complexity index is 393. The second kappa shape index (κ2) is 7.11. The predicted octanol–water partition coefficient (Wildman–Crippen LogP) is 2.50. The third-order valence-corrected chi connectivity index (χ3v) is 2.68. The summed E-state index contributed by atoms with van der Waals surface area (Å²) in [7, 11) is 0. The topological polar surface area (TPSA) is 38.3 Å². The maximum Gasteiger partial charge on any atom is 0.323 e. The van der Waals surface area contributed by atoms with E-state index in [4.69, 9.17) is 4.74 Å². The molecule has 1 aromatic carbocycles. The zero-order valence-corrected chi connectivity index (χ0v) is 11.1. The van der Waals surface area contributed by atoms with Crippen molar-refractivity contribution in [3.8, 4) is 0 Å². The number of carbonyl (C=O) groups excluding carboxylic acids is 1. The van der Waals surface area contributed by atoms with Crippen LogP contribution in [0.15, 0.2) is 24.3 Å². The maximum absolute atomic E-state index is 13.4. The molecule has 0 spiro atoms. The number of rotatable bonds is 6. The molecule has 0 aliphatic heterocycles. The number of hydrogen-bond donors (Lipinski definition) is 1. The predicted molar refractivity (Wildman–Crippen MR) is 68.5 cm³/mol. The van der Waals surface area contributed by atoms with Gasteiger partial charge in [0.25, 0.3) is 0 Å². The first-order chi connectivity index (χ1) is 8.56. The van der Waals surface area contributed by atoms with Gasteiger partial charge in [0.15, 0.2) is 0 Å². The third kappa shape index (κ3) is 4.11. The average Bonchev–Trinajstić information content (AvgIpc) is 2.31. The van der Waals surface area contributed by atoms with Gasteiger partial charge in [-0.2, -0.15) is 0 Å². The Labute approximate surface area is 107 Å². The number of ether oxygens (including phenoxy) is 1. The Morgan fingerprint density at radius 3 is 2.61 bits per heavy atom. The van der Waals surface area contributed by atoms with Crippen LogP contribution in [0.3, 0.4) is 0 Å². The van der Waals surface area contributed by atoms with Crippen LogP contribution in [0.25, 0.3) is 0 Å². The molecule has 1 aromatic rings. The van der Waals surface area contributed by atoms with Crippen molar-refractivity contribution < 1.29 is 13.9 Å². The van der Waals surface area contributed by atoms with Gasteiger partial charge in [0, 0.05) is 12.1 Å². The second-order valence-electron chi connectivity index (χ2n) is 4.45. The van der Waals surface area contributed by atoms with Gasteiger partial charge in [-0.25, -0.2) is 4.39 Å². The van der Waals surface area contributed by atoms with Gasteiger partial charge in [0.2, 0.25) is 0 Å². The number of esters is 1. The molecule has 0 amide bonds. The van der Waals surface area contributed by atoms with E-state index in [0.29, 0.717) is 18.7 Å². The Hall–Kier alpha value is -1.42. The minimum atomic E-state index is -0.412. The van der Waals surface area contributed by atoms with E-state index in [1.54, 1.807) is 25.1 Å². The number of hydrogen-bond acceptors (Lipinski definition) is 3. The summed E-state index contributed by atoms with van der Waals surface area (Å²) in [5, 5.41) is 3.05. The van der Waals surface area contributed by atoms with Crippen molar-refractivity contribution >= 4 is 5.97 Å². The summed E-state index contributed by atoms with van der Waals surface area (Å²) in [6.45, 7) is 6.29. The summed E-state index contributed by atoms with van der Waals surface area (Å²) in [4.78, 5) is 11.7. The van der Waals surface area contributed by atoms with E-state index in [1.165, 1.54) is 6.07 Å². The second-order valence-corrected chi connectivity index (χ2v) is 4.45. The van der Waals surface area contributed by atoms with Gasteiger partial charge >= 0.3 is 5.97 Å². The molecular formula is C14H20FNO2. The summed E-state index contributed by atoms with van der Waals surface area (Å²) >= 11 is 0. The number of nitrogens with one attached hydrogen (secondary N) is 1. The van der Waals surface area contributed by atoms with E-state index in [0.717, 1.165) is 0 Å². The lowest BCUT2D eigenvalue weighted by molar-refractivity contribution is -0.146. The zero-order chi connectivity index (χ0) is 13.5. The molecule has 0 heterocycles. The molecule has 0 radical (unpaired) electrons. The van der Waals surface area contributed by atoms with E-state index >= 15 is 0 Å². The van der Waals surface area contributed by atoms with Crippen LogP contribution in [-0.4, -0.2) is 18.6 Å². The lowest BCUT2D eigenvalue weighted by Crippen LogP contribution is -2.41. The fraction of sp³-hybridized carbons (Fsp3) is 0.500. The Kier molecular flexibility index (Phi) is 5.78. The van der Waals surface area contributed by atoms with Crippen LogP contribution >= 0.6 is 0 Å². The molecule has 0 bridgehead atoms. The number of halogens is 1. The van der Waals surface area contributed by atoms with Gasteiger partial charge in [-0.05, 0) is 18.9 Å². The van der Waals surface area contributed by atoms with Gasteiger partial charge in [-0.3, -0.25) is 10.1 Å². The van der Waals surface area contributed by atoms with E-state index in [-0.39, 0.29) is 17.7 Å². The standard InChI is InChI=1S/C14H20FNO2/c1-4-18-14(17)13(10(2)3)16-9-11-7-5-6-8-12(11)15/h5-8,10,13,16H,4,9H2,1-3H3/t13-/m0/s1. The highest BCUT2D eigenvalue weighted by Gasteiger charge is 2.22. The Morgan fingerprint density at radius 1 is 1.39 bits per heavy atom. The van der Waals surface area contributed by atoms with Crippen LogP contribution in [-0.2, 0) is 16.1 Å². The largest absolute Gasteiger partial charge is 0.465 e. The molecule has 0 aromatic heterocycles. The van der Waals surface area contributed by atoms with Crippen LogP contribution in [0.4, 0.5) is 4.39 Å². The summed E-state index contributed by atoms with van der Waals surface area (Å²) in [5.41, 5.74) is 0.549. The van der Waals surface area contributed by atoms with Crippen molar-refractivity contribution in [1.82, 2.24) is 5.32 Å². The van der Waals surface area contributed by atoms with Crippen LogP contribution in [0.2, 0.25) is 0 Å². The lowest BCUT2D eigenvalue weighted by atomic mass is 10.0. The van der Waals surface area contributed by atoms with Crippen molar-refractivity contribution in [3.05, 3.63) is 35.6 Å². The zero-order valence-electron chi connectivity index (χ0n) is 11.1. The Balaban J connectivity index is 2.63. The molecule has 1 atom stereocenters. The number of carbonyl (C=O) groups is 1. The number of benzene rings is 1. The lowest BCUT2D eigenvalue weighted by Gasteiger charge is -2.20. The highest BCUT2D eigenvalue weighted by molar-refractivity contribution is 5.76. The SMILES string of the molecule is CCOC(=O)[C@@H](NCc1ccccc1F)C(C)C. The van der Waals surface area contributed by atoms with Crippen molar-refractivity contribution in [2.24, 2.45) is 5.92 Å². The van der Waals surface area contributed by atoms with E-state index in [9.17, 15) is 9.18 Å². The van der Waals surface area contributed by atoms with Gasteiger partial charge < -0.3 is 4.74 Å². The van der Waals surface area contributed by atoms with Crippen LogP contribution in [0, 0.1) is 11.7 Å². The van der Waals surface area contributed by atoms with Crippen molar-refractivity contribution in [3.63, 3.8) is 0 Å². The first-order valence-electron chi connectivity index (χ1n) is 6.19. The average molecular weight is 253 g/mol. The fourth-order valence-corrected chi connectivity index (χ4v) is 1.68. The molecule has 0 saturated carbocycles. The molecule has 18 heavy (non-hydrogen) atoms. The van der Waals surface area contributed by atoms with E-state index < -0.39 is 6.04 Å². The molecule has 0 fully saturated rings. The van der Waals surface area contributed by atoms with Crippen molar-refractivity contribution in [2.45, 2.75) is 33.4 Å². The van der Waals surface area contributed by atoms with E-state index in [1.807, 2.05) is 13.8 Å². The highest BCUT2D eigenvalue weighted by Crippen LogP contribution is 2.09. The first-order valence-corrected chi connectivity index (χ1v) is 6.19. The normalized spacial score (nSPS) is 12.5. The summed E-state index contributed by atoms with van der Waals surface area (Å²) in [5.74, 6) is -0.462. The molecule has 100 valence electrons. The van der Waals surface area contributed by atoms with Crippen molar-refractivity contribution in [2.75, 3.05) is 6.61 Å². The molecular weight excluding hydrogens is 233 g/mol. The molecule has 0 saturated heterocycles. The highest BCUT2D eigenvalue weighted by atomic mass is 19.1. The van der Waals surface area contributed by atoms with Gasteiger partial charge in [0.05, 0.1) is 6.61 Å². The van der Waals surface area contributed by atoms with Gasteiger partial charge in [0.1, 0.15) is 11.9 Å². The molecule has 4 heteroatoms. The van der Waals surface area contributed by atoms with Crippen molar-refractivity contribution in [1.29, 1.82) is 0 Å². The fourth-order valence-electron chi connectivity index (χ4n) is 1.68. The molecule has 0 aliphatic carbocycles. The summed E-state index contributed by atoms with van der Waals surface area (Å²) in [6.07, 6.45) is 0. The first kappa shape index (κ1) is 14.6. The third-order valence-electron chi connectivity index (χ3n) is 2.68. The minimum Gasteiger partial charge on any atom is -0.465 e. The minimum absolute atomic E-state index is 0.0934. The molecule has 0 unspecified atom stereocenters. The van der Waals surface area contributed by atoms with Gasteiger partial charge in [-0.1, -0.05) is 32.0 Å². The summed E-state index contributed by atoms with van der Waals surface area (Å²) in [6, 6.07) is 6.11. The smallest absolute Gasteiger partial charge is 0.323 e. The Morgan fingerprint density at radius 2 is 2.06 bits per heavy atom. The van der Waals surface area contributed by atoms with Crippen LogP contribution in [0.1, 0.15) is 26.3 Å². The van der Waals surface area contributed by atoms with E-state index in [2.05, 4.69) is 5.32 Å². The molecule has 0 aliphatic rings. The monoisotopic (exact) mass is 253 g/mol. The molecule has 1 rings (SSSR count). The molecule has 1 N–H and O–H groups in total.